The van der Waals surface area contributed by atoms with Crippen molar-refractivity contribution >= 4 is 43.5 Å². The molecule has 0 bridgehead atoms. The second-order valence-corrected chi connectivity index (χ2v) is 8.11. The van der Waals surface area contributed by atoms with Crippen molar-refractivity contribution in [1.29, 1.82) is 0 Å². The number of rotatable bonds is 0. The van der Waals surface area contributed by atoms with Crippen molar-refractivity contribution in [3.8, 4) is 22.8 Å². The van der Waals surface area contributed by atoms with Gasteiger partial charge in [0, 0.05) is 16.8 Å². The summed E-state index contributed by atoms with van der Waals surface area (Å²) >= 11 is 0. The summed E-state index contributed by atoms with van der Waals surface area (Å²) < 4.78 is 15.1. The summed E-state index contributed by atoms with van der Waals surface area (Å²) in [5, 5.41) is 6.85. The molecule has 142 valence electrons. The van der Waals surface area contributed by atoms with Crippen LogP contribution < -0.4 is 9.30 Å². The van der Waals surface area contributed by atoms with Gasteiger partial charge in [-0.05, 0) is 41.5 Å². The number of furan rings is 1. The third kappa shape index (κ3) is 1.87. The van der Waals surface area contributed by atoms with E-state index in [0.29, 0.717) is 0 Å². The lowest BCUT2D eigenvalue weighted by Crippen LogP contribution is -2.31. The molecular weight excluding hydrogens is 370 g/mol. The van der Waals surface area contributed by atoms with Crippen LogP contribution in [0, 0.1) is 6.92 Å². The van der Waals surface area contributed by atoms with Crippen molar-refractivity contribution < 1.29 is 13.7 Å². The van der Waals surface area contributed by atoms with Gasteiger partial charge < -0.3 is 9.15 Å². The first-order valence-corrected chi connectivity index (χ1v) is 10.2. The van der Waals surface area contributed by atoms with Crippen LogP contribution in [0.25, 0.3) is 54.7 Å². The van der Waals surface area contributed by atoms with E-state index in [2.05, 4.69) is 79.3 Å². The Morgan fingerprint density at radius 3 is 2.47 bits per heavy atom. The van der Waals surface area contributed by atoms with Crippen LogP contribution in [0.5, 0.6) is 11.5 Å². The minimum Gasteiger partial charge on any atom is -0.456 e. The number of pyridine rings is 1. The second kappa shape index (κ2) is 5.39. The molecule has 1 aliphatic heterocycles. The number of ether oxygens (including phenoxy) is 1. The summed E-state index contributed by atoms with van der Waals surface area (Å²) in [5.41, 5.74) is 5.35. The molecule has 0 spiro atoms. The fraction of sp³-hybridized carbons (Fsp3) is 0.0741. The number of aryl methyl sites for hydroxylation is 2. The van der Waals surface area contributed by atoms with Crippen molar-refractivity contribution in [3.63, 3.8) is 0 Å². The number of benzene rings is 4. The van der Waals surface area contributed by atoms with Crippen LogP contribution in [0.4, 0.5) is 0 Å². The number of aromatic nitrogens is 1. The minimum absolute atomic E-state index is 0.861. The van der Waals surface area contributed by atoms with Gasteiger partial charge in [-0.2, -0.15) is 0 Å². The van der Waals surface area contributed by atoms with Gasteiger partial charge in [0.25, 0.3) is 0 Å². The Kier molecular flexibility index (Phi) is 2.88. The Hall–Kier alpha value is -3.85. The summed E-state index contributed by atoms with van der Waals surface area (Å²) in [5.74, 6) is 1.79. The lowest BCUT2D eigenvalue weighted by molar-refractivity contribution is -0.659. The highest BCUT2D eigenvalue weighted by molar-refractivity contribution is 6.19. The van der Waals surface area contributed by atoms with Crippen molar-refractivity contribution in [2.24, 2.45) is 7.05 Å². The van der Waals surface area contributed by atoms with Crippen LogP contribution in [-0.4, -0.2) is 0 Å². The van der Waals surface area contributed by atoms with Crippen molar-refractivity contribution in [3.05, 3.63) is 78.5 Å². The molecule has 0 aliphatic carbocycles. The van der Waals surface area contributed by atoms with E-state index < -0.39 is 0 Å². The molecule has 6 aromatic rings. The maximum absolute atomic E-state index is 6.70. The highest BCUT2D eigenvalue weighted by Crippen LogP contribution is 2.52. The summed E-state index contributed by atoms with van der Waals surface area (Å²) in [7, 11) is 2.11. The van der Waals surface area contributed by atoms with Crippen LogP contribution in [0.15, 0.2) is 77.3 Å². The summed E-state index contributed by atoms with van der Waals surface area (Å²) in [6.45, 7) is 2.19. The molecule has 3 heteroatoms. The minimum atomic E-state index is 0.861. The van der Waals surface area contributed by atoms with E-state index in [1.807, 2.05) is 12.1 Å². The van der Waals surface area contributed by atoms with Crippen molar-refractivity contribution in [2.75, 3.05) is 0 Å². The molecule has 0 saturated heterocycles. The average molecular weight is 388 g/mol. The molecule has 30 heavy (non-hydrogen) atoms. The average Bonchev–Trinajstić information content (AvgIpc) is 3.14. The molecule has 3 heterocycles. The highest BCUT2D eigenvalue weighted by Gasteiger charge is 2.32. The van der Waals surface area contributed by atoms with E-state index in [4.69, 9.17) is 9.15 Å². The normalized spacial score (nSPS) is 12.6. The van der Waals surface area contributed by atoms with Gasteiger partial charge in [0.1, 0.15) is 24.0 Å². The molecule has 0 N–H and O–H groups in total. The Morgan fingerprint density at radius 2 is 1.57 bits per heavy atom. The van der Waals surface area contributed by atoms with Crippen molar-refractivity contribution in [2.45, 2.75) is 6.92 Å². The zero-order valence-electron chi connectivity index (χ0n) is 16.7. The summed E-state index contributed by atoms with van der Waals surface area (Å²) in [6, 6.07) is 23.1. The Morgan fingerprint density at radius 1 is 0.767 bits per heavy atom. The van der Waals surface area contributed by atoms with Gasteiger partial charge in [-0.15, -0.1) is 0 Å². The SMILES string of the molecule is Cc1c2c(cc3ccccc13)Oc1c3c-2[n+](C)ccc3cc2oc3ccccc3c12. The molecular formula is C27H18NO2+. The standard InChI is InChI=1S/C27H18NO2/c1-15-18-8-4-3-7-16(18)13-21-23(15)26-24-17(11-12-28(26)2)14-22-25(27(24)30-21)19-9-5-6-10-20(19)29-22/h3-14H,1-2H3/q+1. The van der Waals surface area contributed by atoms with Crippen molar-refractivity contribution in [1.82, 2.24) is 0 Å². The third-order valence-electron chi connectivity index (χ3n) is 6.44. The number of fused-ring (bicyclic) bond motifs is 7. The lowest BCUT2D eigenvalue weighted by atomic mass is 9.91. The lowest BCUT2D eigenvalue weighted by Gasteiger charge is -2.22. The molecule has 0 saturated carbocycles. The first kappa shape index (κ1) is 16.0. The number of hydrogen-bond acceptors (Lipinski definition) is 2. The Balaban J connectivity index is 1.74. The first-order valence-electron chi connectivity index (χ1n) is 10.2. The Labute approximate surface area is 172 Å². The number of para-hydroxylation sites is 1. The first-order chi connectivity index (χ1) is 14.7. The van der Waals surface area contributed by atoms with Crippen LogP contribution in [-0.2, 0) is 7.05 Å². The predicted molar refractivity (Wildman–Crippen MR) is 120 cm³/mol. The summed E-state index contributed by atoms with van der Waals surface area (Å²) in [4.78, 5) is 0. The molecule has 7 rings (SSSR count). The van der Waals surface area contributed by atoms with Gasteiger partial charge >= 0.3 is 0 Å². The zero-order valence-corrected chi connectivity index (χ0v) is 16.7. The van der Waals surface area contributed by atoms with Gasteiger partial charge in [0.05, 0.1) is 16.3 Å². The fourth-order valence-electron chi connectivity index (χ4n) is 5.07. The van der Waals surface area contributed by atoms with Crippen LogP contribution in [0.2, 0.25) is 0 Å². The van der Waals surface area contributed by atoms with E-state index in [1.54, 1.807) is 0 Å². The second-order valence-electron chi connectivity index (χ2n) is 8.11. The highest BCUT2D eigenvalue weighted by atomic mass is 16.5. The zero-order chi connectivity index (χ0) is 20.0. The number of hydrogen-bond donors (Lipinski definition) is 0. The molecule has 4 aromatic carbocycles. The molecule has 1 aliphatic rings. The van der Waals surface area contributed by atoms with E-state index in [1.165, 1.54) is 27.6 Å². The topological polar surface area (TPSA) is 26.2 Å². The monoisotopic (exact) mass is 388 g/mol. The van der Waals surface area contributed by atoms with Crippen LogP contribution >= 0.6 is 0 Å². The maximum Gasteiger partial charge on any atom is 0.228 e. The van der Waals surface area contributed by atoms with E-state index >= 15 is 0 Å². The molecule has 0 radical (unpaired) electrons. The van der Waals surface area contributed by atoms with Gasteiger partial charge in [0.15, 0.2) is 11.9 Å². The van der Waals surface area contributed by atoms with E-state index in [-0.39, 0.29) is 0 Å². The Bertz CT molecular complexity index is 1690. The van der Waals surface area contributed by atoms with Crippen LogP contribution in [0.1, 0.15) is 5.56 Å². The molecule has 0 unspecified atom stereocenters. The molecule has 3 nitrogen and oxygen atoms in total. The molecule has 0 fully saturated rings. The third-order valence-corrected chi connectivity index (χ3v) is 6.44. The predicted octanol–water partition coefficient (Wildman–Crippen LogP) is 6.80. The smallest absolute Gasteiger partial charge is 0.228 e. The fourth-order valence-corrected chi connectivity index (χ4v) is 5.07. The molecule has 0 amide bonds. The largest absolute Gasteiger partial charge is 0.456 e. The van der Waals surface area contributed by atoms with Gasteiger partial charge in [-0.1, -0.05) is 42.5 Å². The summed E-state index contributed by atoms with van der Waals surface area (Å²) in [6.07, 6.45) is 2.12. The van der Waals surface area contributed by atoms with Gasteiger partial charge in [-0.3, -0.25) is 0 Å². The van der Waals surface area contributed by atoms with E-state index in [0.717, 1.165) is 44.2 Å². The van der Waals surface area contributed by atoms with E-state index in [9.17, 15) is 0 Å². The molecule has 2 aromatic heterocycles. The van der Waals surface area contributed by atoms with Gasteiger partial charge in [-0.25, -0.2) is 4.57 Å². The van der Waals surface area contributed by atoms with Gasteiger partial charge in [0.2, 0.25) is 5.69 Å². The van der Waals surface area contributed by atoms with Crippen LogP contribution in [0.3, 0.4) is 0 Å². The molecule has 0 atom stereocenters. The number of nitrogens with zero attached hydrogens (tertiary/aromatic N) is 1. The maximum atomic E-state index is 6.70. The quantitative estimate of drug-likeness (QED) is 0.267.